The Kier molecular flexibility index (Phi) is 5.15. The van der Waals surface area contributed by atoms with E-state index in [0.717, 1.165) is 36.6 Å². The number of likely N-dealkylation sites (N-methyl/N-ethyl adjacent to an activating group) is 1. The molecule has 0 radical (unpaired) electrons. The molecular formula is C19H20F3N3O. The van der Waals surface area contributed by atoms with Crippen LogP contribution in [-0.4, -0.2) is 42.0 Å². The van der Waals surface area contributed by atoms with Gasteiger partial charge in [0, 0.05) is 32.8 Å². The van der Waals surface area contributed by atoms with Crippen molar-refractivity contribution in [2.45, 2.75) is 25.1 Å². The molecule has 1 aliphatic rings. The lowest BCUT2D eigenvalue weighted by atomic mass is 10.0. The number of amides is 1. The van der Waals surface area contributed by atoms with Crippen LogP contribution in [0, 0.1) is 0 Å². The summed E-state index contributed by atoms with van der Waals surface area (Å²) in [6, 6.07) is 10.8. The van der Waals surface area contributed by atoms with Crippen molar-refractivity contribution in [3.05, 3.63) is 59.8 Å². The molecule has 1 aromatic heterocycles. The van der Waals surface area contributed by atoms with E-state index in [1.165, 1.54) is 12.1 Å². The third-order valence-corrected chi connectivity index (χ3v) is 4.69. The molecule has 7 heteroatoms. The van der Waals surface area contributed by atoms with E-state index >= 15 is 0 Å². The first-order valence-electron chi connectivity index (χ1n) is 8.42. The summed E-state index contributed by atoms with van der Waals surface area (Å²) in [4.78, 5) is 20.4. The maximum absolute atomic E-state index is 12.6. The molecule has 3 rings (SSSR count). The van der Waals surface area contributed by atoms with Crippen LogP contribution < -0.4 is 4.90 Å². The zero-order chi connectivity index (χ0) is 18.7. The van der Waals surface area contributed by atoms with Crippen molar-refractivity contribution in [3.63, 3.8) is 0 Å². The van der Waals surface area contributed by atoms with E-state index in [9.17, 15) is 18.0 Å². The number of nitrogens with zero attached hydrogens (tertiary/aromatic N) is 3. The summed E-state index contributed by atoms with van der Waals surface area (Å²) < 4.78 is 37.7. The molecule has 0 atom stereocenters. The van der Waals surface area contributed by atoms with Crippen molar-refractivity contribution < 1.29 is 18.0 Å². The first-order valence-corrected chi connectivity index (χ1v) is 8.42. The number of pyridine rings is 1. The summed E-state index contributed by atoms with van der Waals surface area (Å²) in [7, 11) is 1.77. The van der Waals surface area contributed by atoms with Crippen molar-refractivity contribution in [1.29, 1.82) is 0 Å². The second-order valence-corrected chi connectivity index (χ2v) is 6.45. The molecule has 0 unspecified atom stereocenters. The first kappa shape index (κ1) is 18.2. The Balaban J connectivity index is 1.47. The van der Waals surface area contributed by atoms with Gasteiger partial charge in [0.05, 0.1) is 11.6 Å². The number of benzene rings is 1. The van der Waals surface area contributed by atoms with Gasteiger partial charge in [0.25, 0.3) is 0 Å². The average Bonchev–Trinajstić information content (AvgIpc) is 2.59. The molecule has 1 fully saturated rings. The standard InChI is InChI=1S/C19H20F3N3O/c1-24(16-12-25(13-16)17-4-2-3-11-23-17)18(26)10-7-14-5-8-15(9-6-14)19(20,21)22/h2-6,8-9,11,16H,7,10,12-13H2,1H3. The van der Waals surface area contributed by atoms with Gasteiger partial charge < -0.3 is 9.80 Å². The summed E-state index contributed by atoms with van der Waals surface area (Å²) in [5.41, 5.74) is 0.0530. The van der Waals surface area contributed by atoms with E-state index in [1.807, 2.05) is 18.2 Å². The van der Waals surface area contributed by atoms with Gasteiger partial charge in [-0.3, -0.25) is 4.79 Å². The zero-order valence-electron chi connectivity index (χ0n) is 14.4. The average molecular weight is 363 g/mol. The number of hydrogen-bond acceptors (Lipinski definition) is 3. The number of rotatable bonds is 5. The second kappa shape index (κ2) is 7.35. The Bertz CT molecular complexity index is 741. The quantitative estimate of drug-likeness (QED) is 0.817. The smallest absolute Gasteiger partial charge is 0.352 e. The zero-order valence-corrected chi connectivity index (χ0v) is 14.4. The normalized spacial score (nSPS) is 14.8. The van der Waals surface area contributed by atoms with E-state index in [-0.39, 0.29) is 18.4 Å². The number of aromatic nitrogens is 1. The summed E-state index contributed by atoms with van der Waals surface area (Å²) in [5, 5.41) is 0. The van der Waals surface area contributed by atoms with Crippen LogP contribution in [0.1, 0.15) is 17.5 Å². The predicted molar refractivity (Wildman–Crippen MR) is 92.8 cm³/mol. The van der Waals surface area contributed by atoms with Gasteiger partial charge in [-0.1, -0.05) is 18.2 Å². The minimum absolute atomic E-state index is 0.00410. The number of alkyl halides is 3. The summed E-state index contributed by atoms with van der Waals surface area (Å²) in [6.07, 6.45) is -1.89. The van der Waals surface area contributed by atoms with Gasteiger partial charge in [0.1, 0.15) is 5.82 Å². The number of carbonyl (C=O) groups excluding carboxylic acids is 1. The number of carbonyl (C=O) groups is 1. The van der Waals surface area contributed by atoms with Crippen LogP contribution in [0.4, 0.5) is 19.0 Å². The van der Waals surface area contributed by atoms with E-state index in [0.29, 0.717) is 6.42 Å². The summed E-state index contributed by atoms with van der Waals surface area (Å²) >= 11 is 0. The fourth-order valence-electron chi connectivity index (χ4n) is 2.92. The molecule has 0 aliphatic carbocycles. The highest BCUT2D eigenvalue weighted by molar-refractivity contribution is 5.77. The van der Waals surface area contributed by atoms with Crippen LogP contribution in [0.3, 0.4) is 0 Å². The third-order valence-electron chi connectivity index (χ3n) is 4.69. The molecule has 26 heavy (non-hydrogen) atoms. The van der Waals surface area contributed by atoms with Crippen molar-refractivity contribution in [3.8, 4) is 0 Å². The third kappa shape index (κ3) is 4.15. The maximum Gasteiger partial charge on any atom is 0.416 e. The van der Waals surface area contributed by atoms with E-state index in [2.05, 4.69) is 9.88 Å². The predicted octanol–water partition coefficient (Wildman–Crippen LogP) is 3.38. The fourth-order valence-corrected chi connectivity index (χ4v) is 2.92. The van der Waals surface area contributed by atoms with Crippen LogP contribution in [0.15, 0.2) is 48.7 Å². The lowest BCUT2D eigenvalue weighted by Crippen LogP contribution is -2.60. The van der Waals surface area contributed by atoms with E-state index < -0.39 is 11.7 Å². The SMILES string of the molecule is CN(C(=O)CCc1ccc(C(F)(F)F)cc1)C1CN(c2ccccn2)C1. The lowest BCUT2D eigenvalue weighted by molar-refractivity contribution is -0.137. The van der Waals surface area contributed by atoms with Gasteiger partial charge in [-0.15, -0.1) is 0 Å². The Labute approximate surface area is 150 Å². The molecule has 0 N–H and O–H groups in total. The van der Waals surface area contributed by atoms with Crippen LogP contribution in [0.2, 0.25) is 0 Å². The Hall–Kier alpha value is -2.57. The molecule has 1 amide bonds. The molecule has 1 saturated heterocycles. The first-order chi connectivity index (χ1) is 12.3. The monoisotopic (exact) mass is 363 g/mol. The van der Waals surface area contributed by atoms with Gasteiger partial charge >= 0.3 is 6.18 Å². The fraction of sp³-hybridized carbons (Fsp3) is 0.368. The van der Waals surface area contributed by atoms with Crippen LogP contribution in [0.25, 0.3) is 0 Å². The van der Waals surface area contributed by atoms with Gasteiger partial charge in [-0.25, -0.2) is 4.98 Å². The van der Waals surface area contributed by atoms with Crippen molar-refractivity contribution in [2.24, 2.45) is 0 Å². The molecule has 2 heterocycles. The van der Waals surface area contributed by atoms with Crippen LogP contribution in [0.5, 0.6) is 0 Å². The minimum Gasteiger partial charge on any atom is -0.352 e. The van der Waals surface area contributed by atoms with Crippen molar-refractivity contribution in [2.75, 3.05) is 25.0 Å². The van der Waals surface area contributed by atoms with Gasteiger partial charge in [0.15, 0.2) is 0 Å². The molecule has 0 saturated carbocycles. The largest absolute Gasteiger partial charge is 0.416 e. The van der Waals surface area contributed by atoms with E-state index in [4.69, 9.17) is 0 Å². The summed E-state index contributed by atoms with van der Waals surface area (Å²) in [6.45, 7) is 1.47. The van der Waals surface area contributed by atoms with Crippen molar-refractivity contribution >= 4 is 11.7 Å². The second-order valence-electron chi connectivity index (χ2n) is 6.45. The maximum atomic E-state index is 12.6. The molecular weight excluding hydrogens is 343 g/mol. The molecule has 1 aliphatic heterocycles. The highest BCUT2D eigenvalue weighted by Gasteiger charge is 2.33. The van der Waals surface area contributed by atoms with Gasteiger partial charge in [0.2, 0.25) is 5.91 Å². The minimum atomic E-state index is -4.34. The van der Waals surface area contributed by atoms with Gasteiger partial charge in [-0.2, -0.15) is 13.2 Å². The van der Waals surface area contributed by atoms with Crippen LogP contribution >= 0.6 is 0 Å². The molecule has 0 spiro atoms. The molecule has 0 bridgehead atoms. The number of halogens is 3. The Morgan fingerprint density at radius 3 is 2.46 bits per heavy atom. The molecule has 4 nitrogen and oxygen atoms in total. The number of aryl methyl sites for hydroxylation is 1. The van der Waals surface area contributed by atoms with Crippen LogP contribution in [-0.2, 0) is 17.4 Å². The highest BCUT2D eigenvalue weighted by Crippen LogP contribution is 2.29. The number of hydrogen-bond donors (Lipinski definition) is 0. The Morgan fingerprint density at radius 2 is 1.88 bits per heavy atom. The number of anilines is 1. The topological polar surface area (TPSA) is 36.4 Å². The van der Waals surface area contributed by atoms with E-state index in [1.54, 1.807) is 18.1 Å². The lowest BCUT2D eigenvalue weighted by Gasteiger charge is -2.44. The molecule has 138 valence electrons. The molecule has 2 aromatic rings. The highest BCUT2D eigenvalue weighted by atomic mass is 19.4. The Morgan fingerprint density at radius 1 is 1.19 bits per heavy atom. The van der Waals surface area contributed by atoms with Crippen molar-refractivity contribution in [1.82, 2.24) is 9.88 Å². The summed E-state index contributed by atoms with van der Waals surface area (Å²) in [5.74, 6) is 0.893. The molecule has 1 aromatic carbocycles. The van der Waals surface area contributed by atoms with Gasteiger partial charge in [-0.05, 0) is 36.2 Å².